The summed E-state index contributed by atoms with van der Waals surface area (Å²) in [6.07, 6.45) is 22.6. The molecular formula is C56H32N22O3S2. The fourth-order valence-electron chi connectivity index (χ4n) is 10.4. The van der Waals surface area contributed by atoms with E-state index in [0.29, 0.717) is 112 Å². The minimum Gasteiger partial charge on any atom is -0.364 e. The van der Waals surface area contributed by atoms with Gasteiger partial charge in [-0.3, -0.25) is 19.9 Å². The molecule has 0 bridgehead atoms. The molecule has 0 saturated carbocycles. The Hall–Kier alpha value is -11.4. The minimum absolute atomic E-state index is 0.246. The highest BCUT2D eigenvalue weighted by molar-refractivity contribution is 7.03. The highest BCUT2D eigenvalue weighted by Gasteiger charge is 2.49. The van der Waals surface area contributed by atoms with Crippen LogP contribution in [-0.4, -0.2) is 109 Å². The number of benzene rings is 2. The number of nitrogens with one attached hydrogen (secondary N) is 2. The lowest BCUT2D eigenvalue weighted by Crippen LogP contribution is -2.43. The number of imidazole rings is 2. The molecule has 2 aromatic carbocycles. The van der Waals surface area contributed by atoms with Gasteiger partial charge < -0.3 is 19.0 Å². The van der Waals surface area contributed by atoms with Crippen molar-refractivity contribution < 1.29 is 14.0 Å². The zero-order valence-electron chi connectivity index (χ0n) is 42.3. The average molecular weight is 1130 g/mol. The van der Waals surface area contributed by atoms with E-state index in [0.717, 1.165) is 10.8 Å². The predicted molar refractivity (Wildman–Crippen MR) is 301 cm³/mol. The molecule has 14 aromatic rings. The largest absolute Gasteiger partial charge is 0.364 e. The second-order valence-electron chi connectivity index (χ2n) is 18.5. The molecular weight excluding hydrogens is 1090 g/mol. The Morgan fingerprint density at radius 3 is 1.36 bits per heavy atom. The van der Waals surface area contributed by atoms with Crippen LogP contribution < -0.4 is 0 Å². The zero-order chi connectivity index (χ0) is 54.8. The number of para-hydroxylation sites is 2. The highest BCUT2D eigenvalue weighted by Crippen LogP contribution is 2.57. The maximum atomic E-state index is 8.07. The van der Waals surface area contributed by atoms with Gasteiger partial charge >= 0.3 is 0 Å². The van der Waals surface area contributed by atoms with Crippen molar-refractivity contribution in [2.75, 3.05) is 0 Å². The fraction of sp³-hybridized carbons (Fsp3) is 0.0357. The van der Waals surface area contributed by atoms with Crippen molar-refractivity contribution in [2.45, 2.75) is 12.1 Å². The van der Waals surface area contributed by atoms with Crippen LogP contribution in [0.2, 0.25) is 0 Å². The monoisotopic (exact) mass is 1120 g/mol. The van der Waals surface area contributed by atoms with Gasteiger partial charge in [0.05, 0.1) is 71.3 Å². The summed E-state index contributed by atoms with van der Waals surface area (Å²) in [6.45, 7) is 0. The van der Waals surface area contributed by atoms with Crippen molar-refractivity contribution >= 4 is 112 Å². The number of nitrogens with zero attached hydrogens (tertiary/aromatic N) is 20. The van der Waals surface area contributed by atoms with Gasteiger partial charge in [-0.15, -0.1) is 0 Å². The first-order chi connectivity index (χ1) is 41.2. The minimum atomic E-state index is -1.19. The third-order valence-corrected chi connectivity index (χ3v) is 15.0. The fourth-order valence-corrected chi connectivity index (χ4v) is 11.4. The lowest BCUT2D eigenvalue weighted by atomic mass is 9.84. The summed E-state index contributed by atoms with van der Waals surface area (Å²) in [5, 5.41) is 18.0. The molecule has 16 rings (SSSR count). The van der Waals surface area contributed by atoms with Gasteiger partial charge in [-0.2, -0.15) is 13.7 Å². The molecule has 25 nitrogen and oxygen atoms in total. The van der Waals surface area contributed by atoms with E-state index in [2.05, 4.69) is 40.2 Å². The number of rotatable bonds is 12. The Balaban J connectivity index is 1.06. The molecule has 0 amide bonds. The smallest absolute Gasteiger partial charge is 0.181 e. The van der Waals surface area contributed by atoms with Gasteiger partial charge in [0.1, 0.15) is 58.4 Å². The molecule has 396 valence electrons. The molecule has 2 aliphatic rings. The number of hydroxylamine groups is 4. The van der Waals surface area contributed by atoms with E-state index in [9.17, 15) is 0 Å². The average Bonchev–Trinajstić information content (AvgIpc) is 4.15. The van der Waals surface area contributed by atoms with Gasteiger partial charge in [0.15, 0.2) is 34.6 Å². The number of aromatic amines is 2. The Morgan fingerprint density at radius 2 is 0.928 bits per heavy atom. The predicted octanol–water partition coefficient (Wildman–Crippen LogP) is 8.99. The molecule has 27 heteroatoms. The van der Waals surface area contributed by atoms with Crippen LogP contribution in [-0.2, 0) is 4.94 Å². The molecule has 0 saturated heterocycles. The summed E-state index contributed by atoms with van der Waals surface area (Å²) >= 11 is 2.48. The Kier molecular flexibility index (Phi) is 11.3. The van der Waals surface area contributed by atoms with Gasteiger partial charge in [0.2, 0.25) is 0 Å². The number of hydrogen-bond acceptors (Lipinski definition) is 25. The second kappa shape index (κ2) is 19.7. The van der Waals surface area contributed by atoms with Crippen LogP contribution in [0.15, 0.2) is 180 Å². The lowest BCUT2D eigenvalue weighted by Gasteiger charge is -2.45. The normalized spacial score (nSPS) is 16.0. The molecule has 2 N–H and O–H groups in total. The van der Waals surface area contributed by atoms with E-state index in [4.69, 9.17) is 72.6 Å². The Labute approximate surface area is 473 Å². The van der Waals surface area contributed by atoms with Crippen molar-refractivity contribution in [1.82, 2.24) is 109 Å². The van der Waals surface area contributed by atoms with Crippen molar-refractivity contribution in [1.29, 1.82) is 0 Å². The number of hydrogen-bond donors (Lipinski definition) is 2. The van der Waals surface area contributed by atoms with Crippen LogP contribution in [0, 0.1) is 0 Å². The van der Waals surface area contributed by atoms with Crippen molar-refractivity contribution in [3.05, 3.63) is 228 Å². The van der Waals surface area contributed by atoms with Crippen LogP contribution in [0.1, 0.15) is 69.5 Å². The number of H-pyrrole nitrogens is 2. The summed E-state index contributed by atoms with van der Waals surface area (Å²) in [5.41, 5.74) is 8.86. The summed E-state index contributed by atoms with van der Waals surface area (Å²) in [6, 6.07) is 20.3. The number of fused-ring (bicyclic) bond motifs is 4. The van der Waals surface area contributed by atoms with E-state index in [-0.39, 0.29) is 23.3 Å². The standard InChI is InChI=1S/C56H32N22O3S2/c1-3-7-31-29(5-1)21-61-55(69-31)45-43(53-63-25-39-51(71-53)67-27-65-39)41(33-11-19-82-75-33)47(35-9-17-79-73-35)77(49(45)37-23-57-13-15-59-37)81-78-48(36-10-18-80-74-36)42(34-12-20-83-76-34)44(54-64-26-40-52(72-54)68-28-66-40)46(50(78)38-24-58-14-16-60-38)56-62-22-30-6-2-4-8-32(30)70-56/h1-28,49-50H,(H,63,65,67,71)(H,64,66,68,72). The van der Waals surface area contributed by atoms with Gasteiger partial charge in [0.25, 0.3) is 0 Å². The van der Waals surface area contributed by atoms with Crippen LogP contribution >= 0.6 is 23.1 Å². The topological polar surface area (TPSA) is 306 Å². The molecule has 14 heterocycles. The maximum Gasteiger partial charge on any atom is 0.181 e. The van der Waals surface area contributed by atoms with E-state index in [1.54, 1.807) is 96.9 Å². The third kappa shape index (κ3) is 8.09. The first-order valence-corrected chi connectivity index (χ1v) is 27.0. The van der Waals surface area contributed by atoms with Gasteiger partial charge in [-0.1, -0.05) is 46.7 Å². The van der Waals surface area contributed by atoms with Gasteiger partial charge in [-0.25, -0.2) is 60.0 Å². The molecule has 2 unspecified atom stereocenters. The number of allylic oxidation sites excluding steroid dienone is 4. The maximum absolute atomic E-state index is 8.07. The summed E-state index contributed by atoms with van der Waals surface area (Å²) in [7, 11) is 0. The molecule has 83 heavy (non-hydrogen) atoms. The molecule has 0 fully saturated rings. The highest BCUT2D eigenvalue weighted by atomic mass is 32.1. The quantitative estimate of drug-likeness (QED) is 0.115. The Bertz CT molecular complexity index is 4570. The van der Waals surface area contributed by atoms with E-state index >= 15 is 0 Å². The summed E-state index contributed by atoms with van der Waals surface area (Å²) < 4.78 is 21.6. The second-order valence-corrected chi connectivity index (χ2v) is 19.9. The molecule has 0 spiro atoms. The van der Waals surface area contributed by atoms with Gasteiger partial charge in [0, 0.05) is 104 Å². The lowest BCUT2D eigenvalue weighted by molar-refractivity contribution is -0.287. The zero-order valence-corrected chi connectivity index (χ0v) is 43.9. The van der Waals surface area contributed by atoms with Crippen LogP contribution in [0.25, 0.3) is 89.0 Å². The Morgan fingerprint density at radius 1 is 0.446 bits per heavy atom. The van der Waals surface area contributed by atoms with E-state index in [1.165, 1.54) is 35.6 Å². The third-order valence-electron chi connectivity index (χ3n) is 13.9. The van der Waals surface area contributed by atoms with Crippen LogP contribution in [0.4, 0.5) is 0 Å². The molecule has 0 aliphatic carbocycles. The first-order valence-electron chi connectivity index (χ1n) is 25.3. The van der Waals surface area contributed by atoms with Gasteiger partial charge in [-0.05, 0) is 47.3 Å². The summed E-state index contributed by atoms with van der Waals surface area (Å²) in [5.74, 6) is 1.02. The van der Waals surface area contributed by atoms with Crippen molar-refractivity contribution in [3.63, 3.8) is 0 Å². The first kappa shape index (κ1) is 47.6. The molecule has 0 radical (unpaired) electrons. The van der Waals surface area contributed by atoms with Crippen molar-refractivity contribution in [3.8, 4) is 0 Å². The SMILES string of the molecule is c1ccc2nc(C3=C(c4ncc5[nH]cnc5n4)C(c4ccsn4)=C(c4ccon4)N(ON4C(c5ccon5)=C(c5ccsn5)C(c5ncc6[nH]cnc6n5)=C(c5ncc6ccccc6n5)C4c4cnccn4)C3c3cnccn3)ncc2c1. The van der Waals surface area contributed by atoms with Crippen molar-refractivity contribution in [2.24, 2.45) is 0 Å². The van der Waals surface area contributed by atoms with E-state index < -0.39 is 12.1 Å². The molecule has 2 atom stereocenters. The summed E-state index contributed by atoms with van der Waals surface area (Å²) in [4.78, 5) is 84.3. The molecule has 12 aromatic heterocycles. The van der Waals surface area contributed by atoms with E-state index in [1.807, 2.05) is 71.4 Å². The number of aromatic nitrogens is 20. The van der Waals surface area contributed by atoms with Crippen LogP contribution in [0.3, 0.4) is 0 Å². The molecule has 2 aliphatic heterocycles. The van der Waals surface area contributed by atoms with Crippen LogP contribution in [0.5, 0.6) is 0 Å².